The second-order valence-corrected chi connectivity index (χ2v) is 5.32. The first-order valence-corrected chi connectivity index (χ1v) is 6.74. The highest BCUT2D eigenvalue weighted by Gasteiger charge is 2.09. The van der Waals surface area contributed by atoms with Crippen molar-refractivity contribution in [2.24, 2.45) is 0 Å². The van der Waals surface area contributed by atoms with Crippen molar-refractivity contribution in [2.45, 2.75) is 13.5 Å². The third kappa shape index (κ3) is 3.58. The van der Waals surface area contributed by atoms with Gasteiger partial charge in [-0.05, 0) is 36.8 Å². The van der Waals surface area contributed by atoms with Crippen LogP contribution in [-0.2, 0) is 6.54 Å². The van der Waals surface area contributed by atoms with Crippen LogP contribution < -0.4 is 11.1 Å². The van der Waals surface area contributed by atoms with Gasteiger partial charge in [-0.15, -0.1) is 0 Å². The Morgan fingerprint density at radius 1 is 1.21 bits per heavy atom. The van der Waals surface area contributed by atoms with Crippen LogP contribution in [0.1, 0.15) is 21.5 Å². The van der Waals surface area contributed by atoms with E-state index < -0.39 is 0 Å². The number of amides is 1. The summed E-state index contributed by atoms with van der Waals surface area (Å²) in [7, 11) is 0. The average Bonchev–Trinajstić information content (AvgIpc) is 2.40. The number of hydrogen-bond acceptors (Lipinski definition) is 2. The molecule has 0 fully saturated rings. The maximum Gasteiger partial charge on any atom is 0.253 e. The lowest BCUT2D eigenvalue weighted by Crippen LogP contribution is -2.23. The van der Waals surface area contributed by atoms with E-state index in [-0.39, 0.29) is 5.91 Å². The van der Waals surface area contributed by atoms with Crippen LogP contribution >= 0.6 is 15.9 Å². The van der Waals surface area contributed by atoms with E-state index in [1.165, 1.54) is 0 Å². The number of benzene rings is 2. The van der Waals surface area contributed by atoms with Crippen LogP contribution in [0.4, 0.5) is 5.69 Å². The lowest BCUT2D eigenvalue weighted by Gasteiger charge is -2.08. The number of hydrogen-bond donors (Lipinski definition) is 2. The third-order valence-electron chi connectivity index (χ3n) is 2.82. The van der Waals surface area contributed by atoms with Crippen LogP contribution in [0.5, 0.6) is 0 Å². The minimum atomic E-state index is -0.149. The number of nitrogens with two attached hydrogens (primary N) is 1. The SMILES string of the molecule is Cc1ccc(N)c(C(=O)NCc2ccc(Br)cc2)c1. The van der Waals surface area contributed by atoms with Crippen LogP contribution in [0.3, 0.4) is 0 Å². The fourth-order valence-electron chi connectivity index (χ4n) is 1.75. The summed E-state index contributed by atoms with van der Waals surface area (Å²) < 4.78 is 1.02. The molecule has 0 radical (unpaired) electrons. The van der Waals surface area contributed by atoms with Crippen LogP contribution in [0.15, 0.2) is 46.9 Å². The summed E-state index contributed by atoms with van der Waals surface area (Å²) in [4.78, 5) is 12.1. The van der Waals surface area contributed by atoms with Crippen molar-refractivity contribution >= 4 is 27.5 Å². The van der Waals surface area contributed by atoms with E-state index in [0.717, 1.165) is 15.6 Å². The molecular weight excluding hydrogens is 304 g/mol. The van der Waals surface area contributed by atoms with Gasteiger partial charge in [0.15, 0.2) is 0 Å². The van der Waals surface area contributed by atoms with E-state index in [1.807, 2.05) is 37.3 Å². The first-order chi connectivity index (χ1) is 9.06. The normalized spacial score (nSPS) is 10.2. The van der Waals surface area contributed by atoms with E-state index in [4.69, 9.17) is 5.73 Å². The standard InChI is InChI=1S/C15H15BrN2O/c1-10-2-7-14(17)13(8-10)15(19)18-9-11-3-5-12(16)6-4-11/h2-8H,9,17H2,1H3,(H,18,19). The number of rotatable bonds is 3. The van der Waals surface area contributed by atoms with Crippen molar-refractivity contribution in [1.29, 1.82) is 0 Å². The van der Waals surface area contributed by atoms with Crippen molar-refractivity contribution in [3.8, 4) is 0 Å². The number of anilines is 1. The number of nitrogens with one attached hydrogen (secondary N) is 1. The molecule has 0 spiro atoms. The van der Waals surface area contributed by atoms with Gasteiger partial charge in [-0.1, -0.05) is 39.7 Å². The quantitative estimate of drug-likeness (QED) is 0.853. The fourth-order valence-corrected chi connectivity index (χ4v) is 2.01. The van der Waals surface area contributed by atoms with E-state index >= 15 is 0 Å². The lowest BCUT2D eigenvalue weighted by molar-refractivity contribution is 0.0951. The Labute approximate surface area is 121 Å². The van der Waals surface area contributed by atoms with Crippen molar-refractivity contribution in [3.05, 3.63) is 63.6 Å². The fraction of sp³-hybridized carbons (Fsp3) is 0.133. The molecule has 2 rings (SSSR count). The number of halogens is 1. The molecule has 0 heterocycles. The highest BCUT2D eigenvalue weighted by molar-refractivity contribution is 9.10. The van der Waals surface area contributed by atoms with E-state index in [1.54, 1.807) is 12.1 Å². The van der Waals surface area contributed by atoms with Gasteiger partial charge in [0, 0.05) is 16.7 Å². The summed E-state index contributed by atoms with van der Waals surface area (Å²) in [6.07, 6.45) is 0. The lowest BCUT2D eigenvalue weighted by atomic mass is 10.1. The number of aryl methyl sites for hydroxylation is 1. The Morgan fingerprint density at radius 2 is 1.89 bits per heavy atom. The molecule has 0 saturated heterocycles. The maximum atomic E-state index is 12.1. The summed E-state index contributed by atoms with van der Waals surface area (Å²) in [5.74, 6) is -0.149. The van der Waals surface area contributed by atoms with Crippen molar-refractivity contribution < 1.29 is 4.79 Å². The molecule has 0 aliphatic rings. The topological polar surface area (TPSA) is 55.1 Å². The summed E-state index contributed by atoms with van der Waals surface area (Å²) in [6.45, 7) is 2.42. The van der Waals surface area contributed by atoms with Crippen molar-refractivity contribution in [3.63, 3.8) is 0 Å². The van der Waals surface area contributed by atoms with Gasteiger partial charge in [0.05, 0.1) is 5.56 Å². The molecule has 19 heavy (non-hydrogen) atoms. The zero-order valence-corrected chi connectivity index (χ0v) is 12.2. The molecule has 0 aliphatic carbocycles. The molecule has 3 N–H and O–H groups in total. The highest BCUT2D eigenvalue weighted by atomic mass is 79.9. The maximum absolute atomic E-state index is 12.1. The number of carbonyl (C=O) groups excluding carboxylic acids is 1. The predicted octanol–water partition coefficient (Wildman–Crippen LogP) is 3.27. The van der Waals surface area contributed by atoms with Crippen LogP contribution in [0.25, 0.3) is 0 Å². The van der Waals surface area contributed by atoms with Crippen LogP contribution in [0, 0.1) is 6.92 Å². The van der Waals surface area contributed by atoms with Crippen LogP contribution in [0.2, 0.25) is 0 Å². The first kappa shape index (κ1) is 13.6. The Kier molecular flexibility index (Phi) is 4.22. The Hall–Kier alpha value is -1.81. The molecule has 0 aliphatic heterocycles. The largest absolute Gasteiger partial charge is 0.398 e. The van der Waals surface area contributed by atoms with E-state index in [2.05, 4.69) is 21.2 Å². The molecule has 0 unspecified atom stereocenters. The molecule has 3 nitrogen and oxygen atoms in total. The molecule has 0 bridgehead atoms. The summed E-state index contributed by atoms with van der Waals surface area (Å²) in [5.41, 5.74) is 8.90. The predicted molar refractivity (Wildman–Crippen MR) is 80.9 cm³/mol. The molecule has 4 heteroatoms. The van der Waals surface area contributed by atoms with E-state index in [0.29, 0.717) is 17.8 Å². The Bertz CT molecular complexity index is 594. The summed E-state index contributed by atoms with van der Waals surface area (Å²) >= 11 is 3.38. The van der Waals surface area contributed by atoms with E-state index in [9.17, 15) is 4.79 Å². The smallest absolute Gasteiger partial charge is 0.253 e. The Balaban J connectivity index is 2.05. The Morgan fingerprint density at radius 3 is 2.58 bits per heavy atom. The molecule has 98 valence electrons. The summed E-state index contributed by atoms with van der Waals surface area (Å²) in [5, 5.41) is 2.87. The van der Waals surface area contributed by atoms with Gasteiger partial charge in [-0.3, -0.25) is 4.79 Å². The molecule has 0 aromatic heterocycles. The zero-order valence-electron chi connectivity index (χ0n) is 10.6. The summed E-state index contributed by atoms with van der Waals surface area (Å²) in [6, 6.07) is 13.3. The van der Waals surface area contributed by atoms with Crippen molar-refractivity contribution in [2.75, 3.05) is 5.73 Å². The number of nitrogen functional groups attached to an aromatic ring is 1. The molecule has 2 aromatic carbocycles. The van der Waals surface area contributed by atoms with Gasteiger partial charge in [0.1, 0.15) is 0 Å². The molecule has 0 atom stereocenters. The average molecular weight is 319 g/mol. The molecular formula is C15H15BrN2O. The minimum absolute atomic E-state index is 0.149. The molecule has 2 aromatic rings. The first-order valence-electron chi connectivity index (χ1n) is 5.95. The highest BCUT2D eigenvalue weighted by Crippen LogP contribution is 2.14. The second-order valence-electron chi connectivity index (χ2n) is 4.40. The van der Waals surface area contributed by atoms with Gasteiger partial charge >= 0.3 is 0 Å². The monoisotopic (exact) mass is 318 g/mol. The van der Waals surface area contributed by atoms with Crippen LogP contribution in [-0.4, -0.2) is 5.91 Å². The molecule has 1 amide bonds. The van der Waals surface area contributed by atoms with Gasteiger partial charge in [-0.2, -0.15) is 0 Å². The van der Waals surface area contributed by atoms with Gasteiger partial charge in [0.2, 0.25) is 0 Å². The van der Waals surface area contributed by atoms with Gasteiger partial charge in [0.25, 0.3) is 5.91 Å². The van der Waals surface area contributed by atoms with Gasteiger partial charge in [-0.25, -0.2) is 0 Å². The minimum Gasteiger partial charge on any atom is -0.398 e. The second kappa shape index (κ2) is 5.89. The third-order valence-corrected chi connectivity index (χ3v) is 3.35. The zero-order chi connectivity index (χ0) is 13.8. The molecule has 0 saturated carbocycles. The number of carbonyl (C=O) groups is 1. The van der Waals surface area contributed by atoms with Crippen molar-refractivity contribution in [1.82, 2.24) is 5.32 Å². The van der Waals surface area contributed by atoms with Gasteiger partial charge < -0.3 is 11.1 Å².